The van der Waals surface area contributed by atoms with Gasteiger partial charge in [-0.15, -0.1) is 5.10 Å². The van der Waals surface area contributed by atoms with Crippen LogP contribution in [0.5, 0.6) is 11.5 Å². The Bertz CT molecular complexity index is 632. The van der Waals surface area contributed by atoms with Gasteiger partial charge in [-0.1, -0.05) is 17.8 Å². The van der Waals surface area contributed by atoms with E-state index in [4.69, 9.17) is 9.47 Å². The molecule has 0 radical (unpaired) electrons. The predicted octanol–water partition coefficient (Wildman–Crippen LogP) is 1.58. The summed E-state index contributed by atoms with van der Waals surface area (Å²) in [5, 5.41) is 11.2. The zero-order valence-corrected chi connectivity index (χ0v) is 14.9. The van der Waals surface area contributed by atoms with Gasteiger partial charge in [0.25, 0.3) is 0 Å². The summed E-state index contributed by atoms with van der Waals surface area (Å²) < 4.78 is 11.2. The Morgan fingerprint density at radius 1 is 1.42 bits per heavy atom. The zero-order valence-electron chi connectivity index (χ0n) is 14.1. The molecule has 0 atom stereocenters. The number of ether oxygens (including phenoxy) is 2. The molecule has 8 heteroatoms. The summed E-state index contributed by atoms with van der Waals surface area (Å²) in [6.45, 7) is 1.53. The molecule has 0 aromatic heterocycles. The van der Waals surface area contributed by atoms with Gasteiger partial charge >= 0.3 is 0 Å². The van der Waals surface area contributed by atoms with E-state index in [9.17, 15) is 4.79 Å². The van der Waals surface area contributed by atoms with Crippen LogP contribution in [0.4, 0.5) is 0 Å². The molecule has 2 rings (SSSR count). The normalized spacial score (nSPS) is 16.2. The largest absolute Gasteiger partial charge is 0.493 e. The van der Waals surface area contributed by atoms with Crippen molar-refractivity contribution in [2.45, 2.75) is 6.42 Å². The first-order valence-corrected chi connectivity index (χ1v) is 8.57. The number of amides is 1. The minimum absolute atomic E-state index is 0.0553. The Balaban J connectivity index is 2.06. The molecule has 7 nitrogen and oxygen atoms in total. The van der Waals surface area contributed by atoms with E-state index in [0.717, 1.165) is 18.5 Å². The predicted molar refractivity (Wildman–Crippen MR) is 97.3 cm³/mol. The van der Waals surface area contributed by atoms with Crippen molar-refractivity contribution in [1.82, 2.24) is 10.2 Å². The van der Waals surface area contributed by atoms with Crippen molar-refractivity contribution in [2.24, 2.45) is 10.2 Å². The summed E-state index contributed by atoms with van der Waals surface area (Å²) in [7, 11) is 5.66. The van der Waals surface area contributed by atoms with E-state index < -0.39 is 0 Å². The van der Waals surface area contributed by atoms with Crippen molar-refractivity contribution >= 4 is 29.1 Å². The van der Waals surface area contributed by atoms with E-state index >= 15 is 0 Å². The third kappa shape index (κ3) is 5.54. The SMILES string of the molecule is COc1cccc(C=NN=C2NC(=O)CS2)c1OCCCN(C)C. The van der Waals surface area contributed by atoms with Crippen LogP contribution < -0.4 is 14.8 Å². The highest BCUT2D eigenvalue weighted by molar-refractivity contribution is 8.15. The van der Waals surface area contributed by atoms with Gasteiger partial charge in [-0.25, -0.2) is 0 Å². The summed E-state index contributed by atoms with van der Waals surface area (Å²) in [5.41, 5.74) is 0.776. The third-order valence-corrected chi connectivity index (χ3v) is 4.02. The molecule has 0 spiro atoms. The van der Waals surface area contributed by atoms with Gasteiger partial charge in [0.05, 0.1) is 25.7 Å². The third-order valence-electron chi connectivity index (χ3n) is 3.16. The van der Waals surface area contributed by atoms with Crippen molar-refractivity contribution in [3.63, 3.8) is 0 Å². The van der Waals surface area contributed by atoms with Crippen LogP contribution in [0.2, 0.25) is 0 Å². The van der Waals surface area contributed by atoms with E-state index in [1.807, 2.05) is 32.3 Å². The second-order valence-corrected chi connectivity index (χ2v) is 6.33. The lowest BCUT2D eigenvalue weighted by Gasteiger charge is -2.14. The highest BCUT2D eigenvalue weighted by Crippen LogP contribution is 2.30. The van der Waals surface area contributed by atoms with Crippen LogP contribution in [0.25, 0.3) is 0 Å². The van der Waals surface area contributed by atoms with Crippen LogP contribution in [0.1, 0.15) is 12.0 Å². The van der Waals surface area contributed by atoms with Crippen LogP contribution >= 0.6 is 11.8 Å². The maximum absolute atomic E-state index is 11.1. The van der Waals surface area contributed by atoms with Gasteiger partial charge in [-0.05, 0) is 32.6 Å². The number of nitrogens with one attached hydrogen (secondary N) is 1. The molecule has 1 aliphatic heterocycles. The molecule has 1 fully saturated rings. The fourth-order valence-corrected chi connectivity index (χ4v) is 2.66. The molecule has 0 bridgehead atoms. The summed E-state index contributed by atoms with van der Waals surface area (Å²) in [6.07, 6.45) is 2.51. The van der Waals surface area contributed by atoms with Crippen molar-refractivity contribution in [3.8, 4) is 11.5 Å². The number of nitrogens with zero attached hydrogens (tertiary/aromatic N) is 3. The average Bonchev–Trinajstić information content (AvgIpc) is 2.97. The van der Waals surface area contributed by atoms with E-state index in [1.165, 1.54) is 11.8 Å². The molecule has 1 aromatic carbocycles. The van der Waals surface area contributed by atoms with Crippen molar-refractivity contribution in [3.05, 3.63) is 23.8 Å². The Morgan fingerprint density at radius 3 is 2.92 bits per heavy atom. The maximum Gasteiger partial charge on any atom is 0.236 e. The Morgan fingerprint density at radius 2 is 2.25 bits per heavy atom. The Labute approximate surface area is 146 Å². The monoisotopic (exact) mass is 350 g/mol. The number of hydrogen-bond donors (Lipinski definition) is 1. The molecule has 1 heterocycles. The van der Waals surface area contributed by atoms with E-state index in [2.05, 4.69) is 20.4 Å². The number of para-hydroxylation sites is 1. The first kappa shape index (κ1) is 18.3. The first-order chi connectivity index (χ1) is 11.6. The van der Waals surface area contributed by atoms with Crippen molar-refractivity contribution in [1.29, 1.82) is 0 Å². The summed E-state index contributed by atoms with van der Waals surface area (Å²) >= 11 is 1.33. The average molecular weight is 350 g/mol. The molecule has 0 aliphatic carbocycles. The standard InChI is InChI=1S/C16H22N4O3S/c1-20(2)8-5-9-23-15-12(6-4-7-13(15)22-3)10-17-19-16-18-14(21)11-24-16/h4,6-7,10H,5,8-9,11H2,1-3H3,(H,18,19,21). The van der Waals surface area contributed by atoms with Crippen LogP contribution in [0.15, 0.2) is 28.4 Å². The summed E-state index contributed by atoms with van der Waals surface area (Å²) in [5.74, 6) is 1.62. The number of benzene rings is 1. The second-order valence-electron chi connectivity index (χ2n) is 5.37. The molecule has 0 unspecified atom stereocenters. The fourth-order valence-electron chi connectivity index (χ4n) is 2.03. The molecule has 1 aliphatic rings. The highest BCUT2D eigenvalue weighted by Gasteiger charge is 2.16. The Kier molecular flexibility index (Phi) is 7.07. The van der Waals surface area contributed by atoms with E-state index in [-0.39, 0.29) is 5.91 Å². The molecule has 0 saturated carbocycles. The second kappa shape index (κ2) is 9.29. The van der Waals surface area contributed by atoms with Crippen LogP contribution in [0.3, 0.4) is 0 Å². The van der Waals surface area contributed by atoms with Gasteiger partial charge in [-0.2, -0.15) is 5.10 Å². The van der Waals surface area contributed by atoms with Gasteiger partial charge in [-0.3, -0.25) is 4.79 Å². The first-order valence-electron chi connectivity index (χ1n) is 7.58. The van der Waals surface area contributed by atoms with Crippen LogP contribution in [0, 0.1) is 0 Å². The molecule has 24 heavy (non-hydrogen) atoms. The van der Waals surface area contributed by atoms with Crippen LogP contribution in [-0.4, -0.2) is 62.3 Å². The number of rotatable bonds is 8. The van der Waals surface area contributed by atoms with Gasteiger partial charge in [0.15, 0.2) is 16.7 Å². The number of thioether (sulfide) groups is 1. The zero-order chi connectivity index (χ0) is 17.4. The molecular formula is C16H22N4O3S. The molecule has 1 saturated heterocycles. The quantitative estimate of drug-likeness (QED) is 0.438. The van der Waals surface area contributed by atoms with Crippen molar-refractivity contribution < 1.29 is 14.3 Å². The van der Waals surface area contributed by atoms with E-state index in [1.54, 1.807) is 13.3 Å². The number of amidine groups is 1. The highest BCUT2D eigenvalue weighted by atomic mass is 32.2. The minimum atomic E-state index is -0.0553. The molecule has 1 N–H and O–H groups in total. The Hall–Kier alpha value is -2.06. The van der Waals surface area contributed by atoms with Crippen LogP contribution in [-0.2, 0) is 4.79 Å². The molecular weight excluding hydrogens is 328 g/mol. The molecule has 1 amide bonds. The number of methoxy groups -OCH3 is 1. The molecule has 130 valence electrons. The lowest BCUT2D eigenvalue weighted by molar-refractivity contribution is -0.116. The number of carbonyl (C=O) groups excluding carboxylic acids is 1. The number of hydrogen-bond acceptors (Lipinski definition) is 7. The minimum Gasteiger partial charge on any atom is -0.493 e. The fraction of sp³-hybridized carbons (Fsp3) is 0.438. The number of carbonyl (C=O) groups is 1. The van der Waals surface area contributed by atoms with E-state index in [0.29, 0.717) is 29.0 Å². The van der Waals surface area contributed by atoms with Gasteiger partial charge in [0.1, 0.15) is 0 Å². The topological polar surface area (TPSA) is 75.5 Å². The summed E-state index contributed by atoms with van der Waals surface area (Å²) in [4.78, 5) is 13.2. The molecule has 1 aromatic rings. The van der Waals surface area contributed by atoms with Gasteiger partial charge < -0.3 is 19.7 Å². The van der Waals surface area contributed by atoms with Gasteiger partial charge in [0.2, 0.25) is 5.91 Å². The smallest absolute Gasteiger partial charge is 0.236 e. The van der Waals surface area contributed by atoms with Crippen molar-refractivity contribution in [2.75, 3.05) is 40.1 Å². The lowest BCUT2D eigenvalue weighted by atomic mass is 10.2. The summed E-state index contributed by atoms with van der Waals surface area (Å²) in [6, 6.07) is 5.59. The van der Waals surface area contributed by atoms with Gasteiger partial charge in [0, 0.05) is 12.1 Å². The lowest BCUT2D eigenvalue weighted by Crippen LogP contribution is -2.19. The maximum atomic E-state index is 11.1.